The maximum atomic E-state index is 11.8. The van der Waals surface area contributed by atoms with Gasteiger partial charge in [-0.25, -0.2) is 4.79 Å². The average molecular weight is 363 g/mol. The number of amides is 1. The van der Waals surface area contributed by atoms with Crippen LogP contribution in [0, 0.1) is 0 Å². The number of alkyl carbamates (subject to hydrolysis) is 1. The van der Waals surface area contributed by atoms with Gasteiger partial charge in [-0.2, -0.15) is 0 Å². The molecule has 0 radical (unpaired) electrons. The van der Waals surface area contributed by atoms with Crippen molar-refractivity contribution < 1.29 is 38.0 Å². The van der Waals surface area contributed by atoms with Crippen LogP contribution in [0.2, 0.25) is 0 Å². The lowest BCUT2D eigenvalue weighted by Gasteiger charge is -2.33. The Balaban J connectivity index is 2.26. The van der Waals surface area contributed by atoms with Gasteiger partial charge in [0.2, 0.25) is 0 Å². The highest BCUT2D eigenvalue weighted by atomic mass is 16.8. The van der Waals surface area contributed by atoms with Crippen LogP contribution in [0.15, 0.2) is 0 Å². The second-order valence-corrected chi connectivity index (χ2v) is 6.93. The molecule has 2 aliphatic rings. The van der Waals surface area contributed by atoms with E-state index in [2.05, 4.69) is 5.32 Å². The molecule has 2 heterocycles. The average Bonchev–Trinajstić information content (AvgIpc) is 3.05. The molecule has 0 spiro atoms. The Morgan fingerprint density at radius 1 is 1.04 bits per heavy atom. The molecule has 4 atom stereocenters. The van der Waals surface area contributed by atoms with E-state index in [1.54, 1.807) is 13.8 Å². The Morgan fingerprint density at radius 2 is 1.68 bits per heavy atom. The predicted octanol–water partition coefficient (Wildman–Crippen LogP) is 1.00. The summed E-state index contributed by atoms with van der Waals surface area (Å²) in [4.78, 5) is 11.8. The van der Waals surface area contributed by atoms with Crippen LogP contribution in [0.25, 0.3) is 0 Å². The van der Waals surface area contributed by atoms with Crippen molar-refractivity contribution in [2.24, 2.45) is 0 Å². The summed E-state index contributed by atoms with van der Waals surface area (Å²) < 4.78 is 39.1. The van der Waals surface area contributed by atoms with Crippen molar-refractivity contribution in [3.05, 3.63) is 0 Å². The molecular formula is C16H29NO8. The minimum absolute atomic E-state index is 0.350. The summed E-state index contributed by atoms with van der Waals surface area (Å²) in [5.74, 6) is -1.58. The van der Waals surface area contributed by atoms with Gasteiger partial charge in [-0.1, -0.05) is 0 Å². The SMILES string of the molecule is COC(=O)N[C@@H](C(OC)OC)[C@H]1OC(C)(C)O[C@@H]1[C@H]1COC(C)(C)O1. The first-order valence-corrected chi connectivity index (χ1v) is 8.20. The second kappa shape index (κ2) is 7.73. The van der Waals surface area contributed by atoms with Crippen LogP contribution in [-0.4, -0.2) is 76.2 Å². The van der Waals surface area contributed by atoms with Gasteiger partial charge in [0.05, 0.1) is 13.7 Å². The summed E-state index contributed by atoms with van der Waals surface area (Å²) in [6.45, 7) is 7.61. The maximum Gasteiger partial charge on any atom is 0.407 e. The zero-order valence-corrected chi connectivity index (χ0v) is 15.9. The van der Waals surface area contributed by atoms with Crippen molar-refractivity contribution in [1.29, 1.82) is 0 Å². The molecule has 0 aromatic rings. The molecule has 2 fully saturated rings. The van der Waals surface area contributed by atoms with Gasteiger partial charge >= 0.3 is 6.09 Å². The van der Waals surface area contributed by atoms with E-state index in [1.807, 2.05) is 13.8 Å². The minimum Gasteiger partial charge on any atom is -0.453 e. The van der Waals surface area contributed by atoms with Crippen LogP contribution < -0.4 is 5.32 Å². The van der Waals surface area contributed by atoms with Gasteiger partial charge < -0.3 is 38.5 Å². The molecular weight excluding hydrogens is 334 g/mol. The highest BCUT2D eigenvalue weighted by Gasteiger charge is 2.54. The number of hydrogen-bond acceptors (Lipinski definition) is 8. The maximum absolute atomic E-state index is 11.8. The lowest BCUT2D eigenvalue weighted by Crippen LogP contribution is -2.57. The molecule has 2 rings (SSSR count). The van der Waals surface area contributed by atoms with Crippen molar-refractivity contribution in [3.8, 4) is 0 Å². The van der Waals surface area contributed by atoms with Crippen LogP contribution >= 0.6 is 0 Å². The Hall–Kier alpha value is -0.970. The van der Waals surface area contributed by atoms with E-state index in [9.17, 15) is 4.79 Å². The first-order chi connectivity index (χ1) is 11.6. The van der Waals surface area contributed by atoms with Crippen LogP contribution in [0.1, 0.15) is 27.7 Å². The molecule has 2 saturated heterocycles. The van der Waals surface area contributed by atoms with Crippen molar-refractivity contribution >= 4 is 6.09 Å². The molecule has 1 amide bonds. The van der Waals surface area contributed by atoms with Crippen LogP contribution in [0.5, 0.6) is 0 Å². The van der Waals surface area contributed by atoms with Crippen molar-refractivity contribution in [2.75, 3.05) is 27.9 Å². The lowest BCUT2D eigenvalue weighted by atomic mass is 10.0. The number of hydrogen-bond donors (Lipinski definition) is 1. The highest BCUT2D eigenvalue weighted by molar-refractivity contribution is 5.67. The molecule has 9 nitrogen and oxygen atoms in total. The third kappa shape index (κ3) is 4.81. The molecule has 25 heavy (non-hydrogen) atoms. The van der Waals surface area contributed by atoms with Gasteiger partial charge in [0.15, 0.2) is 17.9 Å². The molecule has 0 unspecified atom stereocenters. The number of methoxy groups -OCH3 is 3. The fourth-order valence-electron chi connectivity index (χ4n) is 3.15. The monoisotopic (exact) mass is 363 g/mol. The predicted molar refractivity (Wildman–Crippen MR) is 85.9 cm³/mol. The Kier molecular flexibility index (Phi) is 6.29. The largest absolute Gasteiger partial charge is 0.453 e. The summed E-state index contributed by atoms with van der Waals surface area (Å²) in [6, 6.07) is -0.679. The van der Waals surface area contributed by atoms with Crippen LogP contribution in [-0.2, 0) is 33.2 Å². The van der Waals surface area contributed by atoms with E-state index in [0.717, 1.165) is 0 Å². The topological polar surface area (TPSA) is 93.7 Å². The van der Waals surface area contributed by atoms with Crippen molar-refractivity contribution in [3.63, 3.8) is 0 Å². The van der Waals surface area contributed by atoms with E-state index in [1.165, 1.54) is 21.3 Å². The quantitative estimate of drug-likeness (QED) is 0.699. The lowest BCUT2D eigenvalue weighted by molar-refractivity contribution is -0.177. The molecule has 0 bridgehead atoms. The highest BCUT2D eigenvalue weighted by Crippen LogP contribution is 2.37. The smallest absolute Gasteiger partial charge is 0.407 e. The summed E-state index contributed by atoms with van der Waals surface area (Å²) >= 11 is 0. The standard InChI is InChI=1S/C16H29NO8/c1-15(2)22-8-9(23-15)11-12(25-16(3,4)24-11)10(13(19-5)20-6)17-14(18)21-7/h9-13H,8H2,1-7H3,(H,17,18)/t9-,10-,11-,12-/m1/s1. The normalized spacial score (nSPS) is 31.9. The summed E-state index contributed by atoms with van der Waals surface area (Å²) in [7, 11) is 4.24. The van der Waals surface area contributed by atoms with E-state index in [0.29, 0.717) is 6.61 Å². The first-order valence-electron chi connectivity index (χ1n) is 8.20. The van der Waals surface area contributed by atoms with Gasteiger partial charge in [0.25, 0.3) is 0 Å². The summed E-state index contributed by atoms with van der Waals surface area (Å²) in [6.07, 6.45) is -2.84. The van der Waals surface area contributed by atoms with E-state index in [4.69, 9.17) is 33.2 Å². The van der Waals surface area contributed by atoms with Gasteiger partial charge in [-0.3, -0.25) is 0 Å². The molecule has 0 saturated carbocycles. The third-order valence-electron chi connectivity index (χ3n) is 4.14. The number of rotatable bonds is 6. The van der Waals surface area contributed by atoms with Gasteiger partial charge in [-0.05, 0) is 27.7 Å². The van der Waals surface area contributed by atoms with Crippen molar-refractivity contribution in [2.45, 2.75) is 69.9 Å². The Labute approximate surface area is 148 Å². The van der Waals surface area contributed by atoms with Crippen LogP contribution in [0.4, 0.5) is 4.79 Å². The van der Waals surface area contributed by atoms with Crippen LogP contribution in [0.3, 0.4) is 0 Å². The Morgan fingerprint density at radius 3 is 2.16 bits per heavy atom. The molecule has 0 aromatic heterocycles. The number of nitrogens with one attached hydrogen (secondary N) is 1. The molecule has 0 aliphatic carbocycles. The molecule has 0 aromatic carbocycles. The summed E-state index contributed by atoms with van der Waals surface area (Å²) in [5, 5.41) is 2.71. The van der Waals surface area contributed by atoms with E-state index < -0.39 is 42.2 Å². The zero-order chi connectivity index (χ0) is 18.8. The fraction of sp³-hybridized carbons (Fsp3) is 0.938. The van der Waals surface area contributed by atoms with Gasteiger partial charge in [-0.15, -0.1) is 0 Å². The van der Waals surface area contributed by atoms with Gasteiger partial charge in [0.1, 0.15) is 24.4 Å². The number of carbonyl (C=O) groups excluding carboxylic acids is 1. The fourth-order valence-corrected chi connectivity index (χ4v) is 3.15. The third-order valence-corrected chi connectivity index (χ3v) is 4.14. The number of ether oxygens (including phenoxy) is 7. The second-order valence-electron chi connectivity index (χ2n) is 6.93. The zero-order valence-electron chi connectivity index (χ0n) is 15.9. The first kappa shape index (κ1) is 20.3. The molecule has 146 valence electrons. The Bertz CT molecular complexity index is 465. The minimum atomic E-state index is -0.868. The van der Waals surface area contributed by atoms with Gasteiger partial charge in [0, 0.05) is 14.2 Å². The number of carbonyl (C=O) groups is 1. The molecule has 1 N–H and O–H groups in total. The summed E-state index contributed by atoms with van der Waals surface area (Å²) in [5.41, 5.74) is 0. The van der Waals surface area contributed by atoms with E-state index in [-0.39, 0.29) is 6.10 Å². The van der Waals surface area contributed by atoms with E-state index >= 15 is 0 Å². The van der Waals surface area contributed by atoms with Crippen molar-refractivity contribution in [1.82, 2.24) is 5.32 Å². The molecule has 2 aliphatic heterocycles. The molecule has 9 heteroatoms.